The van der Waals surface area contributed by atoms with E-state index in [0.29, 0.717) is 5.92 Å². The van der Waals surface area contributed by atoms with Gasteiger partial charge in [-0.1, -0.05) is 208 Å². The minimum Gasteiger partial charge on any atom is -0.310 e. The second kappa shape index (κ2) is 23.6. The predicted molar refractivity (Wildman–Crippen MR) is 272 cm³/mol. The van der Waals surface area contributed by atoms with Gasteiger partial charge in [0.2, 0.25) is 0 Å². The lowest BCUT2D eigenvalue weighted by Gasteiger charge is -2.33. The van der Waals surface area contributed by atoms with Crippen molar-refractivity contribution in [2.24, 2.45) is 0 Å². The first kappa shape index (κ1) is 48.4. The average molecular weight is 794 g/mol. The van der Waals surface area contributed by atoms with Gasteiger partial charge in [0.05, 0.1) is 5.69 Å². The van der Waals surface area contributed by atoms with Gasteiger partial charge in [-0.3, -0.25) is 0 Å². The molecule has 0 unspecified atom stereocenters. The fourth-order valence-corrected chi connectivity index (χ4v) is 7.48. The number of aryl methyl sites for hydroxylation is 1. The summed E-state index contributed by atoms with van der Waals surface area (Å²) < 4.78 is 0. The molecule has 1 saturated carbocycles. The Hall–Kier alpha value is -5.92. The number of anilines is 2. The smallest absolute Gasteiger partial charge is 0.0543 e. The van der Waals surface area contributed by atoms with E-state index in [1.54, 1.807) is 0 Å². The highest BCUT2D eigenvalue weighted by Crippen LogP contribution is 2.54. The van der Waals surface area contributed by atoms with Crippen molar-refractivity contribution in [3.05, 3.63) is 216 Å². The lowest BCUT2D eigenvalue weighted by Crippen LogP contribution is -2.21. The summed E-state index contributed by atoms with van der Waals surface area (Å²) in [6.07, 6.45) is 15.6. The molecule has 0 saturated heterocycles. The maximum absolute atomic E-state index is 4.66. The normalized spacial score (nSPS) is 13.0. The van der Waals surface area contributed by atoms with Crippen molar-refractivity contribution >= 4 is 35.2 Å². The summed E-state index contributed by atoms with van der Waals surface area (Å²) in [5, 5.41) is 0. The molecule has 0 aliphatic heterocycles. The number of allylic oxidation sites excluding steroid dienone is 5. The highest BCUT2D eigenvalue weighted by Gasteiger charge is 2.39. The van der Waals surface area contributed by atoms with Crippen LogP contribution in [-0.4, -0.2) is 0 Å². The second-order valence-corrected chi connectivity index (χ2v) is 15.4. The summed E-state index contributed by atoms with van der Waals surface area (Å²) in [4.78, 5) is 2.33. The zero-order valence-corrected chi connectivity index (χ0v) is 38.5. The number of fused-ring (bicyclic) bond motifs is 3. The molecule has 0 aromatic heterocycles. The third-order valence-electron chi connectivity index (χ3n) is 10.8. The standard InChI is InChI=1S/C43H41N.C7H8.C4H8.C3H8.C2H6/c1-9-30-22-25-37-38(26-30)43(7,8)39-27-41(33(10-2)34(11-3)42(37)39)44(32-18-14-13-15-19-32)40(12-4)29(6)28(5)35-20-16-17-21-36(35)31-23-24-31;1-7-5-3-2-4-6-7;1-3-4-2;1-3-2;1-2/h9-22,25-27,31H,1-5,23-24H2,6-8H3;2-6H,1H3;3-4H,1-2H3;3H2,1-2H3;1-2H3/b40-29+;;4-3+;;. The molecule has 60 heavy (non-hydrogen) atoms. The zero-order chi connectivity index (χ0) is 44.4. The number of hydrogen-bond acceptors (Lipinski definition) is 1. The number of rotatable bonds is 10. The third kappa shape index (κ3) is 11.2. The topological polar surface area (TPSA) is 3.24 Å². The van der Waals surface area contributed by atoms with Crippen LogP contribution in [-0.2, 0) is 5.41 Å². The van der Waals surface area contributed by atoms with Gasteiger partial charge in [-0.25, -0.2) is 0 Å². The third-order valence-corrected chi connectivity index (χ3v) is 10.8. The first-order valence-electron chi connectivity index (χ1n) is 21.8. The molecule has 2 aliphatic rings. The van der Waals surface area contributed by atoms with Gasteiger partial charge in [0.25, 0.3) is 0 Å². The number of nitrogens with zero attached hydrogens (tertiary/aromatic N) is 1. The molecular weight excluding hydrogens is 723 g/mol. The van der Waals surface area contributed by atoms with Crippen molar-refractivity contribution in [1.82, 2.24) is 0 Å². The molecule has 1 fully saturated rings. The molecule has 2 aliphatic carbocycles. The van der Waals surface area contributed by atoms with E-state index in [4.69, 9.17) is 0 Å². The zero-order valence-electron chi connectivity index (χ0n) is 38.5. The number of benzene rings is 5. The van der Waals surface area contributed by atoms with Crippen LogP contribution in [0.3, 0.4) is 0 Å². The van der Waals surface area contributed by atoms with Crippen molar-refractivity contribution in [2.45, 2.75) is 99.8 Å². The van der Waals surface area contributed by atoms with E-state index in [2.05, 4.69) is 170 Å². The van der Waals surface area contributed by atoms with Gasteiger partial charge in [-0.2, -0.15) is 0 Å². The van der Waals surface area contributed by atoms with E-state index in [-0.39, 0.29) is 5.41 Å². The predicted octanol–water partition coefficient (Wildman–Crippen LogP) is 18.1. The maximum Gasteiger partial charge on any atom is 0.0543 e. The molecule has 1 nitrogen and oxygen atoms in total. The summed E-state index contributed by atoms with van der Waals surface area (Å²) in [6, 6.07) is 38.5. The fourth-order valence-electron chi connectivity index (χ4n) is 7.48. The van der Waals surface area contributed by atoms with Crippen molar-refractivity contribution in [1.29, 1.82) is 0 Å². The van der Waals surface area contributed by atoms with Crippen LogP contribution in [0.4, 0.5) is 11.4 Å². The van der Waals surface area contributed by atoms with Gasteiger partial charge in [0, 0.05) is 22.4 Å². The van der Waals surface area contributed by atoms with Crippen LogP contribution >= 0.6 is 0 Å². The highest BCUT2D eigenvalue weighted by molar-refractivity contribution is 5.96. The lowest BCUT2D eigenvalue weighted by molar-refractivity contribution is 0.660. The molecule has 0 N–H and O–H groups in total. The molecule has 0 heterocycles. The molecule has 7 rings (SSSR count). The van der Waals surface area contributed by atoms with Gasteiger partial charge < -0.3 is 4.90 Å². The Morgan fingerprint density at radius 3 is 1.75 bits per heavy atom. The first-order valence-corrected chi connectivity index (χ1v) is 21.8. The quantitative estimate of drug-likeness (QED) is 0.101. The Labute approximate surface area is 365 Å². The van der Waals surface area contributed by atoms with Crippen LogP contribution in [0.15, 0.2) is 172 Å². The molecule has 5 aromatic rings. The molecule has 5 aromatic carbocycles. The van der Waals surface area contributed by atoms with E-state index in [0.717, 1.165) is 44.9 Å². The summed E-state index contributed by atoms with van der Waals surface area (Å²) in [5.41, 5.74) is 17.2. The van der Waals surface area contributed by atoms with E-state index in [1.807, 2.05) is 82.4 Å². The van der Waals surface area contributed by atoms with Crippen molar-refractivity contribution in [2.75, 3.05) is 4.90 Å². The summed E-state index contributed by atoms with van der Waals surface area (Å²) in [7, 11) is 0. The maximum atomic E-state index is 4.66. The van der Waals surface area contributed by atoms with Crippen LogP contribution in [0.2, 0.25) is 0 Å². The minimum atomic E-state index is -0.224. The SMILES string of the molecule is C/C=C/C.C=C/C(=C(/C)C(=C)c1ccccc1C1CC1)N(c1ccccc1)c1cc2c(c(C=C)c1C=C)-c1ccc(C=C)cc1C2(C)C.CC.CCC.Cc1ccccc1. The van der Waals surface area contributed by atoms with Gasteiger partial charge in [-0.05, 0) is 126 Å². The van der Waals surface area contributed by atoms with Gasteiger partial charge in [0.1, 0.15) is 0 Å². The summed E-state index contributed by atoms with van der Waals surface area (Å²) in [6.45, 7) is 42.8. The van der Waals surface area contributed by atoms with Crippen LogP contribution in [0.25, 0.3) is 34.9 Å². The largest absolute Gasteiger partial charge is 0.310 e. The van der Waals surface area contributed by atoms with Crippen LogP contribution in [0.1, 0.15) is 132 Å². The molecule has 0 amide bonds. The summed E-state index contributed by atoms with van der Waals surface area (Å²) in [5.74, 6) is 0.623. The summed E-state index contributed by atoms with van der Waals surface area (Å²) >= 11 is 0. The van der Waals surface area contributed by atoms with E-state index >= 15 is 0 Å². The molecule has 0 spiro atoms. The van der Waals surface area contributed by atoms with Crippen LogP contribution in [0, 0.1) is 6.92 Å². The average Bonchev–Trinajstić information content (AvgIpc) is 4.11. The van der Waals surface area contributed by atoms with Gasteiger partial charge >= 0.3 is 0 Å². The monoisotopic (exact) mass is 794 g/mol. The van der Waals surface area contributed by atoms with Crippen molar-refractivity contribution < 1.29 is 0 Å². The molecule has 312 valence electrons. The molecular formula is C59H71N. The molecule has 0 radical (unpaired) electrons. The first-order chi connectivity index (χ1) is 29.0. The van der Waals surface area contributed by atoms with Gasteiger partial charge in [0.15, 0.2) is 0 Å². The number of para-hydroxylation sites is 1. The van der Waals surface area contributed by atoms with Crippen LogP contribution < -0.4 is 4.90 Å². The van der Waals surface area contributed by atoms with E-state index in [1.165, 1.54) is 58.2 Å². The van der Waals surface area contributed by atoms with Crippen LogP contribution in [0.5, 0.6) is 0 Å². The Bertz CT molecular complexity index is 2270. The highest BCUT2D eigenvalue weighted by atomic mass is 15.2. The van der Waals surface area contributed by atoms with E-state index < -0.39 is 0 Å². The van der Waals surface area contributed by atoms with Crippen molar-refractivity contribution in [3.8, 4) is 11.1 Å². The molecule has 1 heteroatoms. The van der Waals surface area contributed by atoms with E-state index in [9.17, 15) is 0 Å². The molecule has 0 atom stereocenters. The Morgan fingerprint density at radius 1 is 0.717 bits per heavy atom. The Morgan fingerprint density at radius 2 is 1.27 bits per heavy atom. The minimum absolute atomic E-state index is 0.224. The van der Waals surface area contributed by atoms with Gasteiger partial charge in [-0.15, -0.1) is 0 Å². The second-order valence-electron chi connectivity index (χ2n) is 15.4. The van der Waals surface area contributed by atoms with Crippen molar-refractivity contribution in [3.63, 3.8) is 0 Å². The Kier molecular flexibility index (Phi) is 19.1. The lowest BCUT2D eigenvalue weighted by atomic mass is 9.80. The number of hydrogen-bond donors (Lipinski definition) is 0. The molecule has 0 bridgehead atoms. The fraction of sp³-hybridized carbons (Fsp3) is 0.254. The Balaban J connectivity index is 0.000000512.